The number of sulfone groups is 1. The van der Waals surface area contributed by atoms with E-state index in [1.807, 2.05) is 24.3 Å². The van der Waals surface area contributed by atoms with Crippen LogP contribution in [0.5, 0.6) is 5.75 Å². The molecule has 2 aromatic carbocycles. The van der Waals surface area contributed by atoms with Gasteiger partial charge in [-0.3, -0.25) is 4.79 Å². The number of rotatable bonds is 4. The maximum atomic E-state index is 12.1. The molecule has 1 aliphatic rings. The van der Waals surface area contributed by atoms with Crippen LogP contribution in [0, 0.1) is 0 Å². The normalized spacial score (nSPS) is 22.4. The lowest BCUT2D eigenvalue weighted by molar-refractivity contribution is -0.124. The van der Waals surface area contributed by atoms with Crippen LogP contribution in [0.3, 0.4) is 0 Å². The van der Waals surface area contributed by atoms with Crippen molar-refractivity contribution in [1.29, 1.82) is 0 Å². The van der Waals surface area contributed by atoms with E-state index in [9.17, 15) is 13.2 Å². The molecule has 24 heavy (non-hydrogen) atoms. The molecule has 1 N–H and O–H groups in total. The third kappa shape index (κ3) is 3.65. The van der Waals surface area contributed by atoms with Crippen LogP contribution >= 0.6 is 11.6 Å². The number of carbonyl (C=O) groups excluding carboxylic acids is 1. The fourth-order valence-corrected chi connectivity index (χ4v) is 5.31. The molecule has 0 saturated carbocycles. The molecule has 2 aromatic rings. The lowest BCUT2D eigenvalue weighted by atomic mass is 10.0. The molecule has 1 aliphatic heterocycles. The van der Waals surface area contributed by atoms with Crippen LogP contribution in [0.1, 0.15) is 13.3 Å². The minimum atomic E-state index is -3.07. The van der Waals surface area contributed by atoms with Gasteiger partial charge in [0, 0.05) is 15.8 Å². The third-order valence-electron chi connectivity index (χ3n) is 4.13. The minimum absolute atomic E-state index is 0.0321. The molecule has 0 bridgehead atoms. The summed E-state index contributed by atoms with van der Waals surface area (Å²) in [4.78, 5) is 12.1. The number of nitrogens with one attached hydrogen (secondary N) is 1. The third-order valence-corrected chi connectivity index (χ3v) is 6.37. The first-order valence-electron chi connectivity index (χ1n) is 7.60. The standard InChI is InChI=1S/C17H18ClNO4S/c1-17(8-9-24(21,22)11-17)19-16(20)10-23-15-7-6-14(18)12-4-2-3-5-13(12)15/h2-7H,8-11H2,1H3,(H,19,20). The Kier molecular flexibility index (Phi) is 4.44. The first-order valence-corrected chi connectivity index (χ1v) is 9.79. The highest BCUT2D eigenvalue weighted by molar-refractivity contribution is 7.91. The van der Waals surface area contributed by atoms with Gasteiger partial charge in [0.05, 0.1) is 17.0 Å². The molecule has 5 nitrogen and oxygen atoms in total. The topological polar surface area (TPSA) is 72.5 Å². The largest absolute Gasteiger partial charge is 0.483 e. The molecule has 1 heterocycles. The van der Waals surface area contributed by atoms with Crippen LogP contribution < -0.4 is 10.1 Å². The number of halogens is 1. The van der Waals surface area contributed by atoms with Gasteiger partial charge < -0.3 is 10.1 Å². The Balaban J connectivity index is 1.68. The second-order valence-corrected chi connectivity index (χ2v) is 8.92. The summed E-state index contributed by atoms with van der Waals surface area (Å²) in [6.45, 7) is 1.56. The summed E-state index contributed by atoms with van der Waals surface area (Å²) in [5.74, 6) is 0.296. The van der Waals surface area contributed by atoms with E-state index in [0.29, 0.717) is 17.2 Å². The molecule has 7 heteroatoms. The molecule has 3 rings (SSSR count). The van der Waals surface area contributed by atoms with E-state index in [1.54, 1.807) is 19.1 Å². The average molecular weight is 368 g/mol. The average Bonchev–Trinajstić information content (AvgIpc) is 2.80. The maximum Gasteiger partial charge on any atom is 0.258 e. The zero-order valence-electron chi connectivity index (χ0n) is 13.2. The molecule has 128 valence electrons. The summed E-state index contributed by atoms with van der Waals surface area (Å²) in [5, 5.41) is 5.07. The second-order valence-electron chi connectivity index (χ2n) is 6.33. The molecule has 0 aliphatic carbocycles. The fourth-order valence-electron chi connectivity index (χ4n) is 2.99. The van der Waals surface area contributed by atoms with Crippen molar-refractivity contribution in [2.75, 3.05) is 18.1 Å². The Bertz CT molecular complexity index is 897. The molecular formula is C17H18ClNO4S. The molecule has 0 radical (unpaired) electrons. The predicted molar refractivity (Wildman–Crippen MR) is 94.3 cm³/mol. The molecule has 1 fully saturated rings. The molecule has 1 unspecified atom stereocenters. The number of carbonyl (C=O) groups is 1. The maximum absolute atomic E-state index is 12.1. The van der Waals surface area contributed by atoms with E-state index in [4.69, 9.17) is 16.3 Å². The van der Waals surface area contributed by atoms with Crippen molar-refractivity contribution < 1.29 is 17.9 Å². The van der Waals surface area contributed by atoms with Crippen molar-refractivity contribution in [2.45, 2.75) is 18.9 Å². The number of hydrogen-bond acceptors (Lipinski definition) is 4. The van der Waals surface area contributed by atoms with Crippen molar-refractivity contribution in [3.63, 3.8) is 0 Å². The van der Waals surface area contributed by atoms with Gasteiger partial charge in [-0.25, -0.2) is 8.42 Å². The number of fused-ring (bicyclic) bond motifs is 1. The number of amides is 1. The molecular weight excluding hydrogens is 350 g/mol. The fraction of sp³-hybridized carbons (Fsp3) is 0.353. The highest BCUT2D eigenvalue weighted by atomic mass is 35.5. The summed E-state index contributed by atoms with van der Waals surface area (Å²) in [6, 6.07) is 11.0. The van der Waals surface area contributed by atoms with Crippen LogP contribution in [-0.2, 0) is 14.6 Å². The summed E-state index contributed by atoms with van der Waals surface area (Å²) in [7, 11) is -3.07. The first kappa shape index (κ1) is 17.0. The van der Waals surface area contributed by atoms with Crippen molar-refractivity contribution in [1.82, 2.24) is 5.32 Å². The minimum Gasteiger partial charge on any atom is -0.483 e. The Morgan fingerprint density at radius 2 is 1.96 bits per heavy atom. The van der Waals surface area contributed by atoms with Gasteiger partial charge in [-0.1, -0.05) is 35.9 Å². The van der Waals surface area contributed by atoms with Crippen LogP contribution in [0.2, 0.25) is 5.02 Å². The van der Waals surface area contributed by atoms with Crippen molar-refractivity contribution in [3.8, 4) is 5.75 Å². The quantitative estimate of drug-likeness (QED) is 0.901. The molecule has 0 spiro atoms. The van der Waals surface area contributed by atoms with Gasteiger partial charge in [0.15, 0.2) is 16.4 Å². The monoisotopic (exact) mass is 367 g/mol. The number of hydrogen-bond donors (Lipinski definition) is 1. The van der Waals surface area contributed by atoms with Crippen LogP contribution in [-0.4, -0.2) is 38.0 Å². The van der Waals surface area contributed by atoms with Crippen LogP contribution in [0.4, 0.5) is 0 Å². The SMILES string of the molecule is CC1(NC(=O)COc2ccc(Cl)c3ccccc23)CCS(=O)(=O)C1. The van der Waals surface area contributed by atoms with E-state index in [0.717, 1.165) is 10.8 Å². The molecule has 1 saturated heterocycles. The summed E-state index contributed by atoms with van der Waals surface area (Å²) in [5.41, 5.74) is -0.721. The van der Waals surface area contributed by atoms with Crippen molar-refractivity contribution >= 4 is 38.1 Å². The molecule has 1 amide bonds. The zero-order valence-corrected chi connectivity index (χ0v) is 14.8. The lowest BCUT2D eigenvalue weighted by Gasteiger charge is -2.23. The Morgan fingerprint density at radius 3 is 2.62 bits per heavy atom. The summed E-state index contributed by atoms with van der Waals surface area (Å²) in [6.07, 6.45) is 0.422. The van der Waals surface area contributed by atoms with Gasteiger partial charge in [0.25, 0.3) is 5.91 Å². The van der Waals surface area contributed by atoms with Crippen molar-refractivity contribution in [2.24, 2.45) is 0 Å². The van der Waals surface area contributed by atoms with E-state index in [2.05, 4.69) is 5.32 Å². The van der Waals surface area contributed by atoms with Gasteiger partial charge in [-0.15, -0.1) is 0 Å². The lowest BCUT2D eigenvalue weighted by Crippen LogP contribution is -2.48. The summed E-state index contributed by atoms with van der Waals surface area (Å²) < 4.78 is 28.8. The highest BCUT2D eigenvalue weighted by Gasteiger charge is 2.39. The number of benzene rings is 2. The van der Waals surface area contributed by atoms with E-state index in [1.165, 1.54) is 0 Å². The second kappa shape index (κ2) is 6.26. The zero-order chi connectivity index (χ0) is 17.4. The Labute approximate surface area is 145 Å². The van der Waals surface area contributed by atoms with Crippen LogP contribution in [0.15, 0.2) is 36.4 Å². The smallest absolute Gasteiger partial charge is 0.258 e. The van der Waals surface area contributed by atoms with E-state index < -0.39 is 15.4 Å². The Morgan fingerprint density at radius 1 is 1.25 bits per heavy atom. The highest BCUT2D eigenvalue weighted by Crippen LogP contribution is 2.31. The van der Waals surface area contributed by atoms with Gasteiger partial charge in [0.1, 0.15) is 5.75 Å². The summed E-state index contributed by atoms with van der Waals surface area (Å²) >= 11 is 6.16. The van der Waals surface area contributed by atoms with E-state index in [-0.39, 0.29) is 24.0 Å². The van der Waals surface area contributed by atoms with E-state index >= 15 is 0 Å². The predicted octanol–water partition coefficient (Wildman–Crippen LogP) is 2.57. The van der Waals surface area contributed by atoms with Gasteiger partial charge in [-0.05, 0) is 25.5 Å². The van der Waals surface area contributed by atoms with Gasteiger partial charge in [0.2, 0.25) is 0 Å². The van der Waals surface area contributed by atoms with Crippen molar-refractivity contribution in [3.05, 3.63) is 41.4 Å². The molecule has 1 atom stereocenters. The van der Waals surface area contributed by atoms with Crippen LogP contribution in [0.25, 0.3) is 10.8 Å². The van der Waals surface area contributed by atoms with Gasteiger partial charge in [-0.2, -0.15) is 0 Å². The Hall–Kier alpha value is -1.79. The molecule has 0 aromatic heterocycles. The first-order chi connectivity index (χ1) is 11.3. The number of ether oxygens (including phenoxy) is 1. The van der Waals surface area contributed by atoms with Gasteiger partial charge >= 0.3 is 0 Å².